The van der Waals surface area contributed by atoms with E-state index in [1.165, 1.54) is 11.3 Å². The van der Waals surface area contributed by atoms with E-state index in [1.54, 1.807) is 29.2 Å². The molecule has 0 radical (unpaired) electrons. The Morgan fingerprint density at radius 1 is 1.08 bits per heavy atom. The number of nitrogens with two attached hydrogens (primary N) is 1. The van der Waals surface area contributed by atoms with Crippen LogP contribution in [0.5, 0.6) is 0 Å². The summed E-state index contributed by atoms with van der Waals surface area (Å²) < 4.78 is 28.2. The second-order valence-corrected chi connectivity index (χ2v) is 9.55. The van der Waals surface area contributed by atoms with Gasteiger partial charge in [-0.1, -0.05) is 24.8 Å². The summed E-state index contributed by atoms with van der Waals surface area (Å²) in [6.07, 6.45) is 3.23. The summed E-state index contributed by atoms with van der Waals surface area (Å²) >= 11 is 1.42. The smallest absolute Gasteiger partial charge is 0.245 e. The molecule has 0 saturated heterocycles. The first-order chi connectivity index (χ1) is 17.3. The second kappa shape index (κ2) is 9.46. The molecule has 0 atom stereocenters. The van der Waals surface area contributed by atoms with Crippen molar-refractivity contribution in [1.82, 2.24) is 24.7 Å². The third kappa shape index (κ3) is 5.08. The molecule has 0 saturated carbocycles. The Balaban J connectivity index is 1.56. The number of hydrogen-bond acceptors (Lipinski definition) is 7. The Labute approximate surface area is 210 Å². The summed E-state index contributed by atoms with van der Waals surface area (Å²) in [4.78, 5) is 14.8. The molecule has 0 aliphatic heterocycles. The molecule has 3 N–H and O–H groups in total. The third-order valence-electron chi connectivity index (χ3n) is 5.53. The van der Waals surface area contributed by atoms with E-state index in [1.807, 2.05) is 42.5 Å². The highest BCUT2D eigenvalue weighted by atomic mass is 32.1. The van der Waals surface area contributed by atoms with E-state index < -0.39 is 5.92 Å². The van der Waals surface area contributed by atoms with Crippen molar-refractivity contribution >= 4 is 38.9 Å². The number of benzene rings is 1. The average molecular weight is 504 g/mol. The first-order valence-corrected chi connectivity index (χ1v) is 12.0. The molecule has 5 rings (SSSR count). The summed E-state index contributed by atoms with van der Waals surface area (Å²) in [5.74, 6) is -1.79. The van der Waals surface area contributed by atoms with Gasteiger partial charge in [0.15, 0.2) is 11.5 Å². The Hall–Kier alpha value is -4.18. The number of aryl methyl sites for hydroxylation is 1. The first kappa shape index (κ1) is 23.6. The Bertz CT molecular complexity index is 1520. The van der Waals surface area contributed by atoms with Crippen molar-refractivity contribution < 1.29 is 8.78 Å². The SMILES string of the molecule is C=C(Nc1nc(-c2ccc(CCC(C)(F)F)nc2)nc2c1cnn2-c1ccccc1)c1ccc(N)s1. The van der Waals surface area contributed by atoms with Gasteiger partial charge in [0.25, 0.3) is 0 Å². The van der Waals surface area contributed by atoms with E-state index in [2.05, 4.69) is 22.0 Å². The number of para-hydroxylation sites is 1. The van der Waals surface area contributed by atoms with Crippen LogP contribution in [-0.2, 0) is 6.42 Å². The Kier molecular flexibility index (Phi) is 6.19. The summed E-state index contributed by atoms with van der Waals surface area (Å²) in [6.45, 7) is 5.05. The van der Waals surface area contributed by atoms with Crippen molar-refractivity contribution in [3.8, 4) is 17.1 Å². The second-order valence-electron chi connectivity index (χ2n) is 8.44. The predicted octanol–water partition coefficient (Wildman–Crippen LogP) is 6.19. The fourth-order valence-electron chi connectivity index (χ4n) is 3.66. The predicted molar refractivity (Wildman–Crippen MR) is 140 cm³/mol. The van der Waals surface area contributed by atoms with Crippen molar-refractivity contribution in [2.75, 3.05) is 11.1 Å². The molecule has 0 aliphatic rings. The molecule has 0 aliphatic carbocycles. The van der Waals surface area contributed by atoms with Crippen LogP contribution in [0.2, 0.25) is 0 Å². The molecule has 0 fully saturated rings. The van der Waals surface area contributed by atoms with Crippen LogP contribution in [0.3, 0.4) is 0 Å². The molecule has 4 heterocycles. The standard InChI is InChI=1S/C26H23F2N7S/c1-16(21-10-11-22(29)36-21)32-24-20-15-31-35(19-6-4-3-5-7-19)25(20)34-23(33-24)17-8-9-18(30-14-17)12-13-26(2,27)28/h3-11,14-15H,1,12-13,29H2,2H3,(H,32,33,34). The molecule has 7 nitrogen and oxygen atoms in total. The van der Waals surface area contributed by atoms with Crippen molar-refractivity contribution in [1.29, 1.82) is 0 Å². The lowest BCUT2D eigenvalue weighted by Gasteiger charge is -2.12. The van der Waals surface area contributed by atoms with Crippen LogP contribution in [0.1, 0.15) is 23.9 Å². The van der Waals surface area contributed by atoms with Crippen molar-refractivity contribution in [2.24, 2.45) is 0 Å². The summed E-state index contributed by atoms with van der Waals surface area (Å²) in [5.41, 5.74) is 9.21. The molecule has 10 heteroatoms. The minimum atomic E-state index is -2.74. The first-order valence-electron chi connectivity index (χ1n) is 11.2. The van der Waals surface area contributed by atoms with E-state index in [9.17, 15) is 8.78 Å². The molecule has 0 amide bonds. The van der Waals surface area contributed by atoms with Crippen molar-refractivity contribution in [2.45, 2.75) is 25.7 Å². The minimum absolute atomic E-state index is 0.182. The number of aromatic nitrogens is 5. The molecular formula is C26H23F2N7S. The molecule has 5 aromatic rings. The zero-order valence-electron chi connectivity index (χ0n) is 19.4. The van der Waals surface area contributed by atoms with E-state index in [0.29, 0.717) is 44.6 Å². The Morgan fingerprint density at radius 3 is 2.56 bits per heavy atom. The number of nitrogens with one attached hydrogen (secondary N) is 1. The maximum Gasteiger partial charge on any atom is 0.245 e. The molecule has 36 heavy (non-hydrogen) atoms. The van der Waals surface area contributed by atoms with Crippen molar-refractivity contribution in [3.05, 3.63) is 84.1 Å². The number of rotatable bonds is 8. The van der Waals surface area contributed by atoms with Gasteiger partial charge < -0.3 is 11.1 Å². The molecule has 0 bridgehead atoms. The molecule has 1 aromatic carbocycles. The maximum atomic E-state index is 13.2. The van der Waals surface area contributed by atoms with E-state index in [-0.39, 0.29) is 12.8 Å². The van der Waals surface area contributed by atoms with Crippen LogP contribution >= 0.6 is 11.3 Å². The number of nitrogen functional groups attached to an aromatic ring is 1. The number of pyridine rings is 1. The lowest BCUT2D eigenvalue weighted by molar-refractivity contribution is 0.0131. The zero-order valence-corrected chi connectivity index (χ0v) is 20.3. The lowest BCUT2D eigenvalue weighted by Crippen LogP contribution is -2.11. The number of fused-ring (bicyclic) bond motifs is 1. The number of halogens is 2. The number of nitrogens with zero attached hydrogens (tertiary/aromatic N) is 5. The lowest BCUT2D eigenvalue weighted by atomic mass is 10.1. The van der Waals surface area contributed by atoms with Gasteiger partial charge in [0.1, 0.15) is 5.82 Å². The van der Waals surface area contributed by atoms with Gasteiger partial charge in [0.05, 0.1) is 27.1 Å². The number of thiophene rings is 1. The van der Waals surface area contributed by atoms with Gasteiger partial charge in [0.2, 0.25) is 5.92 Å². The zero-order chi connectivity index (χ0) is 25.3. The highest BCUT2D eigenvalue weighted by Crippen LogP contribution is 2.31. The highest BCUT2D eigenvalue weighted by molar-refractivity contribution is 7.16. The van der Waals surface area contributed by atoms with E-state index in [4.69, 9.17) is 15.7 Å². The van der Waals surface area contributed by atoms with E-state index in [0.717, 1.165) is 17.5 Å². The summed E-state index contributed by atoms with van der Waals surface area (Å²) in [6, 6.07) is 16.9. The van der Waals surface area contributed by atoms with Crippen LogP contribution in [0.25, 0.3) is 33.8 Å². The topological polar surface area (TPSA) is 94.5 Å². The van der Waals surface area contributed by atoms with Crippen LogP contribution in [0.4, 0.5) is 19.6 Å². The number of anilines is 2. The summed E-state index contributed by atoms with van der Waals surface area (Å²) in [5, 5.41) is 9.23. The third-order valence-corrected chi connectivity index (χ3v) is 6.50. The van der Waals surface area contributed by atoms with Gasteiger partial charge in [-0.25, -0.2) is 23.4 Å². The maximum absolute atomic E-state index is 13.2. The van der Waals surface area contributed by atoms with Gasteiger partial charge in [0, 0.05) is 29.6 Å². The normalized spacial score (nSPS) is 11.6. The number of hydrogen-bond donors (Lipinski definition) is 2. The minimum Gasteiger partial charge on any atom is -0.391 e. The van der Waals surface area contributed by atoms with E-state index >= 15 is 0 Å². The monoisotopic (exact) mass is 503 g/mol. The van der Waals surface area contributed by atoms with Crippen LogP contribution < -0.4 is 11.1 Å². The Morgan fingerprint density at radius 2 is 1.89 bits per heavy atom. The van der Waals surface area contributed by atoms with Crippen LogP contribution in [-0.4, -0.2) is 30.7 Å². The van der Waals surface area contributed by atoms with Gasteiger partial charge in [-0.2, -0.15) is 5.10 Å². The average Bonchev–Trinajstić information content (AvgIpc) is 3.50. The molecular weight excluding hydrogens is 480 g/mol. The number of alkyl halides is 2. The molecule has 0 unspecified atom stereocenters. The quantitative estimate of drug-likeness (QED) is 0.262. The fraction of sp³-hybridized carbons (Fsp3) is 0.154. The molecule has 182 valence electrons. The largest absolute Gasteiger partial charge is 0.391 e. The van der Waals surface area contributed by atoms with Gasteiger partial charge in [-0.3, -0.25) is 4.98 Å². The van der Waals surface area contributed by atoms with Crippen LogP contribution in [0.15, 0.2) is 73.6 Å². The molecule has 4 aromatic heterocycles. The van der Waals surface area contributed by atoms with Crippen LogP contribution in [0, 0.1) is 0 Å². The molecule has 0 spiro atoms. The van der Waals surface area contributed by atoms with Gasteiger partial charge >= 0.3 is 0 Å². The fourth-order valence-corrected chi connectivity index (χ4v) is 4.36. The highest BCUT2D eigenvalue weighted by Gasteiger charge is 2.21. The summed E-state index contributed by atoms with van der Waals surface area (Å²) in [7, 11) is 0. The van der Waals surface area contributed by atoms with Gasteiger partial charge in [-0.15, -0.1) is 11.3 Å². The van der Waals surface area contributed by atoms with Crippen molar-refractivity contribution in [3.63, 3.8) is 0 Å². The van der Waals surface area contributed by atoms with Gasteiger partial charge in [-0.05, 0) is 49.7 Å².